The molecular formula is C11H11ClN2O2. The highest BCUT2D eigenvalue weighted by Gasteiger charge is 2.01. The fourth-order valence-corrected chi connectivity index (χ4v) is 1.23. The second-order valence-corrected chi connectivity index (χ2v) is 3.34. The van der Waals surface area contributed by atoms with E-state index in [0.717, 1.165) is 0 Å². The van der Waals surface area contributed by atoms with Crippen LogP contribution in [0.2, 0.25) is 0 Å². The molecule has 0 atom stereocenters. The van der Waals surface area contributed by atoms with Crippen LogP contribution in [-0.2, 0) is 4.79 Å². The van der Waals surface area contributed by atoms with Crippen molar-refractivity contribution in [1.29, 1.82) is 5.26 Å². The number of nitrogens with zero attached hydrogens (tertiary/aromatic N) is 1. The second-order valence-electron chi connectivity index (χ2n) is 2.96. The van der Waals surface area contributed by atoms with E-state index in [1.165, 1.54) is 0 Å². The highest BCUT2D eigenvalue weighted by molar-refractivity contribution is 6.19. The van der Waals surface area contributed by atoms with Crippen LogP contribution in [0, 0.1) is 11.3 Å². The number of anilines is 1. The Balaban J connectivity index is 2.51. The topological polar surface area (TPSA) is 62.1 Å². The molecule has 0 radical (unpaired) electrons. The van der Waals surface area contributed by atoms with Crippen LogP contribution in [0.4, 0.5) is 5.69 Å². The van der Waals surface area contributed by atoms with E-state index < -0.39 is 0 Å². The second kappa shape index (κ2) is 6.70. The number of rotatable bonds is 5. The normalized spacial score (nSPS) is 9.25. The average Bonchev–Trinajstić information content (AvgIpc) is 2.28. The molecular weight excluding hydrogens is 228 g/mol. The van der Waals surface area contributed by atoms with E-state index in [2.05, 4.69) is 5.32 Å². The molecule has 1 amide bonds. The first-order chi connectivity index (χ1) is 7.76. The molecule has 84 valence electrons. The summed E-state index contributed by atoms with van der Waals surface area (Å²) in [7, 11) is 0. The lowest BCUT2D eigenvalue weighted by Crippen LogP contribution is -2.11. The maximum atomic E-state index is 11.2. The molecule has 0 aliphatic rings. The molecule has 5 heteroatoms. The predicted octanol–water partition coefficient (Wildman–Crippen LogP) is 2.16. The molecule has 0 bridgehead atoms. The molecule has 1 N–H and O–H groups in total. The molecule has 0 aromatic heterocycles. The molecule has 0 spiro atoms. The fourth-order valence-electron chi connectivity index (χ4n) is 1.06. The smallest absolute Gasteiger partial charge is 0.225 e. The van der Waals surface area contributed by atoms with Gasteiger partial charge in [0, 0.05) is 18.0 Å². The monoisotopic (exact) mass is 238 g/mol. The lowest BCUT2D eigenvalue weighted by atomic mass is 10.3. The predicted molar refractivity (Wildman–Crippen MR) is 61.5 cm³/mol. The van der Waals surface area contributed by atoms with Crippen LogP contribution in [0.25, 0.3) is 0 Å². The summed E-state index contributed by atoms with van der Waals surface area (Å²) in [6, 6.07) is 8.66. The zero-order valence-corrected chi connectivity index (χ0v) is 9.33. The van der Waals surface area contributed by atoms with E-state index in [9.17, 15) is 4.79 Å². The Bertz CT molecular complexity index is 384. The largest absolute Gasteiger partial charge is 0.479 e. The van der Waals surface area contributed by atoms with Crippen LogP contribution in [-0.4, -0.2) is 18.4 Å². The van der Waals surface area contributed by atoms with Gasteiger partial charge in [-0.2, -0.15) is 5.26 Å². The number of benzene rings is 1. The van der Waals surface area contributed by atoms with E-state index in [4.69, 9.17) is 21.6 Å². The van der Waals surface area contributed by atoms with Gasteiger partial charge in [0.1, 0.15) is 11.8 Å². The minimum absolute atomic E-state index is 0.0119. The number of ether oxygens (including phenoxy) is 1. The van der Waals surface area contributed by atoms with E-state index in [-0.39, 0.29) is 18.9 Å². The third-order valence-corrected chi connectivity index (χ3v) is 1.95. The molecule has 0 aliphatic carbocycles. The van der Waals surface area contributed by atoms with E-state index in [1.807, 2.05) is 6.07 Å². The lowest BCUT2D eigenvalue weighted by molar-refractivity contribution is -0.115. The summed E-state index contributed by atoms with van der Waals surface area (Å²) in [6.07, 6.45) is 0.286. The van der Waals surface area contributed by atoms with Gasteiger partial charge in [-0.1, -0.05) is 0 Å². The van der Waals surface area contributed by atoms with E-state index in [0.29, 0.717) is 17.3 Å². The molecule has 1 aromatic rings. The third kappa shape index (κ3) is 4.20. The number of nitriles is 1. The number of carbonyl (C=O) groups excluding carboxylic acids is 1. The van der Waals surface area contributed by atoms with Crippen molar-refractivity contribution < 1.29 is 9.53 Å². The summed E-state index contributed by atoms with van der Waals surface area (Å²) in [5.41, 5.74) is 0.680. The molecule has 0 saturated heterocycles. The van der Waals surface area contributed by atoms with Crippen molar-refractivity contribution in [3.05, 3.63) is 24.3 Å². The zero-order chi connectivity index (χ0) is 11.8. The molecule has 0 aliphatic heterocycles. The molecule has 0 unspecified atom stereocenters. The number of carbonyl (C=O) groups is 1. The van der Waals surface area contributed by atoms with Crippen molar-refractivity contribution in [2.75, 3.05) is 17.8 Å². The maximum Gasteiger partial charge on any atom is 0.225 e. The fraction of sp³-hybridized carbons (Fsp3) is 0.273. The van der Waals surface area contributed by atoms with Crippen molar-refractivity contribution in [3.63, 3.8) is 0 Å². The summed E-state index contributed by atoms with van der Waals surface area (Å²) < 4.78 is 5.07. The van der Waals surface area contributed by atoms with Gasteiger partial charge in [-0.05, 0) is 24.3 Å². The van der Waals surface area contributed by atoms with Gasteiger partial charge in [0.05, 0.1) is 0 Å². The number of hydrogen-bond donors (Lipinski definition) is 1. The molecule has 16 heavy (non-hydrogen) atoms. The van der Waals surface area contributed by atoms with Crippen LogP contribution in [0.5, 0.6) is 5.75 Å². The third-order valence-electron chi connectivity index (χ3n) is 1.76. The number of hydrogen-bond acceptors (Lipinski definition) is 3. The van der Waals surface area contributed by atoms with Gasteiger partial charge in [0.15, 0.2) is 6.61 Å². The molecule has 4 nitrogen and oxygen atoms in total. The quantitative estimate of drug-likeness (QED) is 0.800. The van der Waals surface area contributed by atoms with Crippen LogP contribution in [0.1, 0.15) is 6.42 Å². The molecule has 1 aromatic carbocycles. The highest BCUT2D eigenvalue weighted by Crippen LogP contribution is 2.15. The van der Waals surface area contributed by atoms with Gasteiger partial charge in [-0.25, -0.2) is 0 Å². The first-order valence-electron chi connectivity index (χ1n) is 4.72. The Kier molecular flexibility index (Phi) is 5.17. The Morgan fingerprint density at radius 2 is 2.12 bits per heavy atom. The Hall–Kier alpha value is -1.73. The first kappa shape index (κ1) is 12.3. The van der Waals surface area contributed by atoms with E-state index >= 15 is 0 Å². The van der Waals surface area contributed by atoms with Gasteiger partial charge in [0.25, 0.3) is 0 Å². The Labute approximate surface area is 98.8 Å². The van der Waals surface area contributed by atoms with Crippen molar-refractivity contribution in [1.82, 2.24) is 0 Å². The average molecular weight is 239 g/mol. The zero-order valence-electron chi connectivity index (χ0n) is 8.57. The van der Waals surface area contributed by atoms with Crippen molar-refractivity contribution >= 4 is 23.2 Å². The summed E-state index contributed by atoms with van der Waals surface area (Å²) in [4.78, 5) is 11.2. The minimum Gasteiger partial charge on any atom is -0.479 e. The molecule has 0 heterocycles. The molecule has 0 saturated carbocycles. The number of amides is 1. The number of alkyl halides is 1. The van der Waals surface area contributed by atoms with Crippen molar-refractivity contribution in [2.24, 2.45) is 0 Å². The maximum absolute atomic E-state index is 11.2. The van der Waals surface area contributed by atoms with Crippen LogP contribution in [0.3, 0.4) is 0 Å². The van der Waals surface area contributed by atoms with Crippen molar-refractivity contribution in [3.8, 4) is 11.8 Å². The van der Waals surface area contributed by atoms with Crippen LogP contribution >= 0.6 is 11.6 Å². The summed E-state index contributed by atoms with van der Waals surface area (Å²) in [5.74, 6) is 0.771. The van der Waals surface area contributed by atoms with Gasteiger partial charge in [-0.15, -0.1) is 11.6 Å². The van der Waals surface area contributed by atoms with Gasteiger partial charge >= 0.3 is 0 Å². The van der Waals surface area contributed by atoms with E-state index in [1.54, 1.807) is 24.3 Å². The van der Waals surface area contributed by atoms with Gasteiger partial charge < -0.3 is 10.1 Å². The molecule has 0 fully saturated rings. The van der Waals surface area contributed by atoms with Gasteiger partial charge in [-0.3, -0.25) is 4.79 Å². The summed E-state index contributed by atoms with van der Waals surface area (Å²) in [6.45, 7) is 0.0119. The minimum atomic E-state index is -0.124. The SMILES string of the molecule is N#CCOc1ccc(NC(=O)CCCl)cc1. The van der Waals surface area contributed by atoms with Crippen molar-refractivity contribution in [2.45, 2.75) is 6.42 Å². The summed E-state index contributed by atoms with van der Waals surface area (Å²) >= 11 is 5.43. The number of nitrogens with one attached hydrogen (secondary N) is 1. The number of halogens is 1. The first-order valence-corrected chi connectivity index (χ1v) is 5.25. The highest BCUT2D eigenvalue weighted by atomic mass is 35.5. The Morgan fingerprint density at radius 1 is 1.44 bits per heavy atom. The Morgan fingerprint density at radius 3 is 2.69 bits per heavy atom. The van der Waals surface area contributed by atoms with Crippen LogP contribution in [0.15, 0.2) is 24.3 Å². The van der Waals surface area contributed by atoms with Crippen LogP contribution < -0.4 is 10.1 Å². The van der Waals surface area contributed by atoms with Gasteiger partial charge in [0.2, 0.25) is 5.91 Å². The molecule has 1 rings (SSSR count). The summed E-state index contributed by atoms with van der Waals surface area (Å²) in [5, 5.41) is 11.0. The lowest BCUT2D eigenvalue weighted by Gasteiger charge is -2.05. The standard InChI is InChI=1S/C11H11ClN2O2/c12-6-5-11(15)14-9-1-3-10(4-2-9)16-8-7-13/h1-4H,5-6,8H2,(H,14,15).